The van der Waals surface area contributed by atoms with Gasteiger partial charge in [0.05, 0.1) is 18.5 Å². The van der Waals surface area contributed by atoms with Crippen LogP contribution in [-0.4, -0.2) is 61.5 Å². The number of amides is 2. The monoisotopic (exact) mass is 418 g/mol. The van der Waals surface area contributed by atoms with E-state index in [0.29, 0.717) is 17.1 Å². The number of carbonyl (C=O) groups is 1. The molecule has 4 rings (SSSR count). The fourth-order valence-electron chi connectivity index (χ4n) is 3.44. The summed E-state index contributed by atoms with van der Waals surface area (Å²) in [6.45, 7) is 3.98. The molecule has 31 heavy (non-hydrogen) atoms. The number of carbonyl (C=O) groups excluding carboxylic acids is 1. The van der Waals surface area contributed by atoms with Crippen LogP contribution in [0.3, 0.4) is 0 Å². The van der Waals surface area contributed by atoms with Gasteiger partial charge in [-0.2, -0.15) is 0 Å². The first-order valence-electron chi connectivity index (χ1n) is 10.2. The maximum Gasteiger partial charge on any atom is 0.323 e. The van der Waals surface area contributed by atoms with Gasteiger partial charge < -0.3 is 25.2 Å². The highest BCUT2D eigenvalue weighted by Gasteiger charge is 2.15. The van der Waals surface area contributed by atoms with Crippen molar-refractivity contribution in [2.45, 2.75) is 0 Å². The van der Waals surface area contributed by atoms with E-state index in [1.165, 1.54) is 0 Å². The fourth-order valence-corrected chi connectivity index (χ4v) is 3.44. The molecule has 0 radical (unpaired) electrons. The summed E-state index contributed by atoms with van der Waals surface area (Å²) in [5.74, 6) is 1.51. The van der Waals surface area contributed by atoms with Crippen molar-refractivity contribution in [3.05, 3.63) is 60.7 Å². The Balaban J connectivity index is 1.37. The molecular formula is C23H26N6O2. The highest BCUT2D eigenvalue weighted by molar-refractivity contribution is 6.00. The lowest BCUT2D eigenvalue weighted by atomic mass is 10.1. The summed E-state index contributed by atoms with van der Waals surface area (Å²) in [6, 6.07) is 18.4. The Morgan fingerprint density at radius 1 is 0.903 bits per heavy atom. The molecule has 0 spiro atoms. The molecule has 1 saturated heterocycles. The molecule has 0 unspecified atom stereocenters. The second-order valence-electron chi connectivity index (χ2n) is 7.42. The number of methoxy groups -OCH3 is 1. The van der Waals surface area contributed by atoms with Crippen molar-refractivity contribution in [3.63, 3.8) is 0 Å². The second kappa shape index (κ2) is 9.44. The van der Waals surface area contributed by atoms with Gasteiger partial charge in [-0.15, -0.1) is 10.2 Å². The van der Waals surface area contributed by atoms with Crippen molar-refractivity contribution in [2.24, 2.45) is 0 Å². The molecule has 0 atom stereocenters. The van der Waals surface area contributed by atoms with Crippen molar-refractivity contribution >= 4 is 23.2 Å². The van der Waals surface area contributed by atoms with Crippen LogP contribution in [0.5, 0.6) is 5.75 Å². The number of para-hydroxylation sites is 2. The van der Waals surface area contributed by atoms with Crippen LogP contribution in [0.2, 0.25) is 0 Å². The van der Waals surface area contributed by atoms with Gasteiger partial charge in [-0.1, -0.05) is 24.3 Å². The molecule has 160 valence electrons. The molecule has 1 aliphatic heterocycles. The fraction of sp³-hybridized carbons (Fsp3) is 0.261. The number of aromatic nitrogens is 2. The second-order valence-corrected chi connectivity index (χ2v) is 7.42. The van der Waals surface area contributed by atoms with Crippen molar-refractivity contribution in [1.82, 2.24) is 15.1 Å². The van der Waals surface area contributed by atoms with Crippen molar-refractivity contribution in [2.75, 3.05) is 55.9 Å². The first kappa shape index (κ1) is 20.6. The van der Waals surface area contributed by atoms with Gasteiger partial charge in [0, 0.05) is 37.4 Å². The third kappa shape index (κ3) is 5.10. The van der Waals surface area contributed by atoms with E-state index in [9.17, 15) is 4.79 Å². The highest BCUT2D eigenvalue weighted by atomic mass is 16.5. The van der Waals surface area contributed by atoms with Gasteiger partial charge in [-0.3, -0.25) is 0 Å². The van der Waals surface area contributed by atoms with E-state index in [-0.39, 0.29) is 6.03 Å². The molecule has 8 heteroatoms. The number of nitrogens with one attached hydrogen (secondary N) is 2. The number of hydrogen-bond acceptors (Lipinski definition) is 6. The molecule has 2 N–H and O–H groups in total. The SMILES string of the molecule is COc1ccccc1NC(=O)Nc1ccc(-c2ccc(N3CCN(C)CC3)nn2)cc1. The normalized spacial score (nSPS) is 14.2. The van der Waals surface area contributed by atoms with Crippen LogP contribution in [-0.2, 0) is 0 Å². The number of rotatable bonds is 5. The average Bonchev–Trinajstić information content (AvgIpc) is 2.80. The predicted octanol–water partition coefficient (Wildman–Crippen LogP) is 3.55. The van der Waals surface area contributed by atoms with Crippen LogP contribution < -0.4 is 20.3 Å². The molecule has 8 nitrogen and oxygen atoms in total. The lowest BCUT2D eigenvalue weighted by Gasteiger charge is -2.32. The topological polar surface area (TPSA) is 82.6 Å². The molecule has 1 aromatic heterocycles. The van der Waals surface area contributed by atoms with Crippen LogP contribution in [0.15, 0.2) is 60.7 Å². The van der Waals surface area contributed by atoms with Gasteiger partial charge in [0.1, 0.15) is 5.75 Å². The number of hydrogen-bond donors (Lipinski definition) is 2. The number of anilines is 3. The van der Waals surface area contributed by atoms with Gasteiger partial charge in [0.2, 0.25) is 0 Å². The minimum Gasteiger partial charge on any atom is -0.495 e. The Kier molecular flexibility index (Phi) is 6.28. The largest absolute Gasteiger partial charge is 0.495 e. The van der Waals surface area contributed by atoms with E-state index >= 15 is 0 Å². The number of ether oxygens (including phenoxy) is 1. The van der Waals surface area contributed by atoms with E-state index in [0.717, 1.165) is 43.3 Å². The maximum absolute atomic E-state index is 12.3. The maximum atomic E-state index is 12.3. The van der Waals surface area contributed by atoms with Crippen molar-refractivity contribution in [1.29, 1.82) is 0 Å². The summed E-state index contributed by atoms with van der Waals surface area (Å²) in [6.07, 6.45) is 0. The minimum absolute atomic E-state index is 0.339. The molecule has 2 heterocycles. The average molecular weight is 419 g/mol. The summed E-state index contributed by atoms with van der Waals surface area (Å²) in [4.78, 5) is 16.9. The van der Waals surface area contributed by atoms with E-state index in [1.54, 1.807) is 19.2 Å². The van der Waals surface area contributed by atoms with Gasteiger partial charge >= 0.3 is 6.03 Å². The minimum atomic E-state index is -0.339. The van der Waals surface area contributed by atoms with E-state index < -0.39 is 0 Å². The van der Waals surface area contributed by atoms with Gasteiger partial charge in [-0.25, -0.2) is 4.79 Å². The molecule has 0 bridgehead atoms. The zero-order valence-corrected chi connectivity index (χ0v) is 17.7. The van der Waals surface area contributed by atoms with Crippen molar-refractivity contribution < 1.29 is 9.53 Å². The number of benzene rings is 2. The van der Waals surface area contributed by atoms with Crippen LogP contribution in [0.1, 0.15) is 0 Å². The Bertz CT molecular complexity index is 1010. The number of urea groups is 1. The Hall–Kier alpha value is -3.65. The lowest BCUT2D eigenvalue weighted by molar-refractivity contribution is 0.262. The van der Waals surface area contributed by atoms with Gasteiger partial charge in [0.15, 0.2) is 5.82 Å². The number of piperazine rings is 1. The Morgan fingerprint density at radius 2 is 1.65 bits per heavy atom. The summed E-state index contributed by atoms with van der Waals surface area (Å²) >= 11 is 0. The van der Waals surface area contributed by atoms with Crippen LogP contribution in [0.4, 0.5) is 22.0 Å². The van der Waals surface area contributed by atoms with Crippen LogP contribution in [0, 0.1) is 0 Å². The van der Waals surface area contributed by atoms with Crippen LogP contribution in [0.25, 0.3) is 11.3 Å². The molecule has 3 aromatic rings. The quantitative estimate of drug-likeness (QED) is 0.659. The Morgan fingerprint density at radius 3 is 2.32 bits per heavy atom. The summed E-state index contributed by atoms with van der Waals surface area (Å²) < 4.78 is 5.25. The Labute approximate surface area is 181 Å². The third-order valence-corrected chi connectivity index (χ3v) is 5.27. The highest BCUT2D eigenvalue weighted by Crippen LogP contribution is 2.24. The molecule has 0 saturated carbocycles. The number of nitrogens with zero attached hydrogens (tertiary/aromatic N) is 4. The molecule has 2 aromatic carbocycles. The standard InChI is InChI=1S/C23H26N6O2/c1-28-13-15-29(16-14-28)22-12-11-19(26-27-22)17-7-9-18(10-8-17)24-23(30)25-20-5-3-4-6-21(20)31-2/h3-12H,13-16H2,1-2H3,(H2,24,25,30). The molecule has 2 amide bonds. The number of likely N-dealkylation sites (N-methyl/N-ethyl adjacent to an activating group) is 1. The van der Waals surface area contributed by atoms with Crippen LogP contribution >= 0.6 is 0 Å². The summed E-state index contributed by atoms with van der Waals surface area (Å²) in [7, 11) is 3.70. The first-order valence-corrected chi connectivity index (χ1v) is 10.2. The van der Waals surface area contributed by atoms with E-state index in [4.69, 9.17) is 4.74 Å². The third-order valence-electron chi connectivity index (χ3n) is 5.27. The van der Waals surface area contributed by atoms with Gasteiger partial charge in [0.25, 0.3) is 0 Å². The van der Waals surface area contributed by atoms with E-state index in [2.05, 4.69) is 37.7 Å². The summed E-state index contributed by atoms with van der Waals surface area (Å²) in [5.41, 5.74) is 3.02. The molecular weight excluding hydrogens is 392 g/mol. The smallest absolute Gasteiger partial charge is 0.323 e. The summed E-state index contributed by atoms with van der Waals surface area (Å²) in [5, 5.41) is 14.4. The lowest BCUT2D eigenvalue weighted by Crippen LogP contribution is -2.44. The zero-order chi connectivity index (χ0) is 21.6. The zero-order valence-electron chi connectivity index (χ0n) is 17.7. The van der Waals surface area contributed by atoms with Crippen molar-refractivity contribution in [3.8, 4) is 17.0 Å². The molecule has 1 fully saturated rings. The van der Waals surface area contributed by atoms with Gasteiger partial charge in [-0.05, 0) is 43.4 Å². The predicted molar refractivity (Wildman–Crippen MR) is 123 cm³/mol. The molecule has 1 aliphatic rings. The first-order chi connectivity index (χ1) is 15.1. The molecule has 0 aliphatic carbocycles. The van der Waals surface area contributed by atoms with E-state index in [1.807, 2.05) is 48.5 Å².